The largest absolute Gasteiger partial charge is 0.462 e. The van der Waals surface area contributed by atoms with Gasteiger partial charge in [0, 0.05) is 19.3 Å². The van der Waals surface area contributed by atoms with Crippen LogP contribution in [0.5, 0.6) is 0 Å². The summed E-state index contributed by atoms with van der Waals surface area (Å²) in [4.78, 5) is 38.0. The van der Waals surface area contributed by atoms with Crippen molar-refractivity contribution in [1.82, 2.24) is 0 Å². The molecule has 0 N–H and O–H groups in total. The number of esters is 3. The topological polar surface area (TPSA) is 78.9 Å². The molecule has 374 valence electrons. The summed E-state index contributed by atoms with van der Waals surface area (Å²) in [7, 11) is 0. The van der Waals surface area contributed by atoms with Gasteiger partial charge in [-0.05, 0) is 77.0 Å². The summed E-state index contributed by atoms with van der Waals surface area (Å²) in [6.07, 6.45) is 77.0. The van der Waals surface area contributed by atoms with E-state index in [9.17, 15) is 14.4 Å². The van der Waals surface area contributed by atoms with Crippen LogP contribution in [0.25, 0.3) is 0 Å². The zero-order valence-electron chi connectivity index (χ0n) is 42.6. The zero-order chi connectivity index (χ0) is 48.6. The third kappa shape index (κ3) is 52.1. The van der Waals surface area contributed by atoms with Crippen molar-refractivity contribution in [1.29, 1.82) is 0 Å². The maximum Gasteiger partial charge on any atom is 0.306 e. The molecule has 0 heterocycles. The fraction of sp³-hybridized carbons (Fsp3) is 0.557. The number of allylic oxidation sites excluding steroid dienone is 24. The van der Waals surface area contributed by atoms with Crippen molar-refractivity contribution in [2.45, 2.75) is 207 Å². The summed E-state index contributed by atoms with van der Waals surface area (Å²) in [5, 5.41) is 0. The molecule has 6 nitrogen and oxygen atoms in total. The first-order valence-electron chi connectivity index (χ1n) is 26.5. The van der Waals surface area contributed by atoms with Crippen LogP contribution in [0.3, 0.4) is 0 Å². The van der Waals surface area contributed by atoms with Crippen molar-refractivity contribution in [2.24, 2.45) is 0 Å². The first-order chi connectivity index (χ1) is 33.0. The fourth-order valence-electron chi connectivity index (χ4n) is 6.67. The van der Waals surface area contributed by atoms with E-state index in [4.69, 9.17) is 14.2 Å². The zero-order valence-corrected chi connectivity index (χ0v) is 42.6. The maximum atomic E-state index is 12.8. The second kappa shape index (κ2) is 53.9. The van der Waals surface area contributed by atoms with Crippen LogP contribution in [0.15, 0.2) is 146 Å². The molecule has 0 fully saturated rings. The lowest BCUT2D eigenvalue weighted by molar-refractivity contribution is -0.167. The molecule has 6 heteroatoms. The lowest BCUT2D eigenvalue weighted by Crippen LogP contribution is -2.30. The highest BCUT2D eigenvalue weighted by Gasteiger charge is 2.19. The van der Waals surface area contributed by atoms with Crippen molar-refractivity contribution in [3.8, 4) is 0 Å². The molecule has 0 saturated carbocycles. The second-order valence-corrected chi connectivity index (χ2v) is 16.9. The Labute approximate surface area is 410 Å². The van der Waals surface area contributed by atoms with Crippen molar-refractivity contribution < 1.29 is 28.6 Å². The minimum atomic E-state index is -0.838. The Hall–Kier alpha value is -4.71. The Kier molecular flexibility index (Phi) is 50.1. The number of ether oxygens (including phenoxy) is 3. The number of unbranched alkanes of at least 4 members (excludes halogenated alkanes) is 19. The number of carbonyl (C=O) groups excluding carboxylic acids is 3. The van der Waals surface area contributed by atoms with Gasteiger partial charge < -0.3 is 14.2 Å². The van der Waals surface area contributed by atoms with E-state index in [0.29, 0.717) is 19.3 Å². The second-order valence-electron chi connectivity index (χ2n) is 16.9. The quantitative estimate of drug-likeness (QED) is 0.0199. The molecule has 0 aliphatic rings. The van der Waals surface area contributed by atoms with E-state index in [1.54, 1.807) is 0 Å². The summed E-state index contributed by atoms with van der Waals surface area (Å²) in [5.41, 5.74) is 0. The molecule has 1 unspecified atom stereocenters. The molecule has 0 saturated heterocycles. The van der Waals surface area contributed by atoms with Crippen LogP contribution in [0.1, 0.15) is 201 Å². The van der Waals surface area contributed by atoms with Crippen molar-refractivity contribution in [3.05, 3.63) is 146 Å². The summed E-state index contributed by atoms with van der Waals surface area (Å²) >= 11 is 0. The predicted molar refractivity (Wildman–Crippen MR) is 288 cm³/mol. The molecule has 0 aromatic heterocycles. The smallest absolute Gasteiger partial charge is 0.306 e. The highest BCUT2D eigenvalue weighted by atomic mass is 16.6. The van der Waals surface area contributed by atoms with Crippen molar-refractivity contribution >= 4 is 17.9 Å². The fourth-order valence-corrected chi connectivity index (χ4v) is 6.67. The van der Waals surface area contributed by atoms with Crippen LogP contribution in [-0.2, 0) is 28.6 Å². The van der Waals surface area contributed by atoms with E-state index >= 15 is 0 Å². The highest BCUT2D eigenvalue weighted by molar-refractivity contribution is 5.71. The van der Waals surface area contributed by atoms with E-state index < -0.39 is 6.10 Å². The average Bonchev–Trinajstić information content (AvgIpc) is 3.33. The molecule has 0 aromatic carbocycles. The van der Waals surface area contributed by atoms with Crippen LogP contribution >= 0.6 is 0 Å². The van der Waals surface area contributed by atoms with Gasteiger partial charge in [0.15, 0.2) is 6.10 Å². The molecule has 0 aromatic rings. The van der Waals surface area contributed by atoms with Crippen molar-refractivity contribution in [3.63, 3.8) is 0 Å². The van der Waals surface area contributed by atoms with Gasteiger partial charge in [0.1, 0.15) is 13.2 Å². The van der Waals surface area contributed by atoms with E-state index in [1.165, 1.54) is 89.9 Å². The average molecular weight is 923 g/mol. The molecule has 0 bridgehead atoms. The molecule has 0 aliphatic carbocycles. The van der Waals surface area contributed by atoms with E-state index in [-0.39, 0.29) is 44.0 Å². The van der Waals surface area contributed by atoms with E-state index in [2.05, 4.69) is 51.2 Å². The van der Waals surface area contributed by atoms with E-state index in [0.717, 1.165) is 57.8 Å². The van der Waals surface area contributed by atoms with Gasteiger partial charge in [-0.15, -0.1) is 0 Å². The van der Waals surface area contributed by atoms with Gasteiger partial charge in [-0.2, -0.15) is 0 Å². The standard InChI is InChI=1S/C61H94O6/c1-4-7-10-13-16-19-22-25-27-29-30-32-33-36-39-42-45-48-51-54-60(63)66-57-58(56-65-59(62)53-50-47-44-41-38-35-24-21-18-15-12-9-6-3)67-61(64)55-52-49-46-43-40-37-34-31-28-26-23-20-17-14-11-8-5-2/h8-9,11-12,14-15,17-18,20-21,23-24,26,28-31,34-35,37-38,40-41,44,58H,4-7,10,13,16,19,22,25,27,32-33,36,39,42-43,45-57H2,1-3H3/b11-8-,12-9-,17-14-,18-15-,23-20-,24-21-,28-26-,30-29-,34-31+,38-35-,40-37-,44-41-. The lowest BCUT2D eigenvalue weighted by Gasteiger charge is -2.18. The number of rotatable bonds is 45. The summed E-state index contributed by atoms with van der Waals surface area (Å²) < 4.78 is 16.7. The first-order valence-corrected chi connectivity index (χ1v) is 26.5. The Morgan fingerprint density at radius 2 is 0.612 bits per heavy atom. The Morgan fingerprint density at radius 3 is 1.03 bits per heavy atom. The summed E-state index contributed by atoms with van der Waals surface area (Å²) in [5.74, 6) is -1.06. The number of carbonyl (C=O) groups is 3. The normalized spacial score (nSPS) is 13.3. The molecule has 0 aliphatic heterocycles. The van der Waals surface area contributed by atoms with Crippen molar-refractivity contribution in [2.75, 3.05) is 13.2 Å². The molecule has 1 atom stereocenters. The van der Waals surface area contributed by atoms with Crippen LogP contribution in [0, 0.1) is 0 Å². The lowest BCUT2D eigenvalue weighted by atomic mass is 10.1. The molecule has 0 amide bonds. The summed E-state index contributed by atoms with van der Waals surface area (Å²) in [6, 6.07) is 0. The van der Waals surface area contributed by atoms with Crippen LogP contribution in [0.4, 0.5) is 0 Å². The van der Waals surface area contributed by atoms with Gasteiger partial charge in [0.2, 0.25) is 0 Å². The van der Waals surface area contributed by atoms with Gasteiger partial charge in [-0.25, -0.2) is 0 Å². The predicted octanol–water partition coefficient (Wildman–Crippen LogP) is 17.6. The highest BCUT2D eigenvalue weighted by Crippen LogP contribution is 2.13. The minimum absolute atomic E-state index is 0.127. The first kappa shape index (κ1) is 62.3. The van der Waals surface area contributed by atoms with Crippen LogP contribution in [-0.4, -0.2) is 37.2 Å². The minimum Gasteiger partial charge on any atom is -0.462 e. The number of hydrogen-bond acceptors (Lipinski definition) is 6. The van der Waals surface area contributed by atoms with Gasteiger partial charge in [0.05, 0.1) is 0 Å². The maximum absolute atomic E-state index is 12.8. The van der Waals surface area contributed by atoms with Crippen LogP contribution in [0.2, 0.25) is 0 Å². The third-order valence-corrected chi connectivity index (χ3v) is 10.6. The van der Waals surface area contributed by atoms with Gasteiger partial charge in [-0.1, -0.05) is 250 Å². The molecular weight excluding hydrogens is 829 g/mol. The molecule has 67 heavy (non-hydrogen) atoms. The summed E-state index contributed by atoms with van der Waals surface area (Å²) in [6.45, 7) is 6.22. The monoisotopic (exact) mass is 923 g/mol. The van der Waals surface area contributed by atoms with Crippen LogP contribution < -0.4 is 0 Å². The SMILES string of the molecule is CC\C=C/C=C\C=C/C=C\C=C/CCCC(=O)OCC(COC(=O)CCCCCCCCC/C=C\CCCCCCCCCC)OC(=O)CCCCC\C=C/C=C/C=C\C=C/C=C\C=C/CC. The molecular formula is C61H94O6. The number of hydrogen-bond donors (Lipinski definition) is 0. The van der Waals surface area contributed by atoms with Gasteiger partial charge in [0.25, 0.3) is 0 Å². The third-order valence-electron chi connectivity index (χ3n) is 10.6. The molecule has 0 rings (SSSR count). The van der Waals surface area contributed by atoms with E-state index in [1.807, 2.05) is 115 Å². The molecule has 0 radical (unpaired) electrons. The van der Waals surface area contributed by atoms with Gasteiger partial charge in [-0.3, -0.25) is 14.4 Å². The Balaban J connectivity index is 4.57. The molecule has 0 spiro atoms. The van der Waals surface area contributed by atoms with Gasteiger partial charge >= 0.3 is 17.9 Å². The Bertz CT molecular complexity index is 1530. The Morgan fingerprint density at radius 1 is 0.313 bits per heavy atom.